The van der Waals surface area contributed by atoms with Crippen molar-refractivity contribution in [3.05, 3.63) is 18.5 Å². The molecule has 1 aromatic heterocycles. The Hall–Kier alpha value is -1.89. The molecule has 1 aliphatic heterocycles. The number of methoxy groups -OCH3 is 1. The lowest BCUT2D eigenvalue weighted by Crippen LogP contribution is -2.34. The lowest BCUT2D eigenvalue weighted by molar-refractivity contribution is -0.131. The van der Waals surface area contributed by atoms with Gasteiger partial charge >= 0.3 is 0 Å². The average molecular weight is 294 g/mol. The number of aryl methyl sites for hydroxylation is 1. The van der Waals surface area contributed by atoms with Crippen molar-refractivity contribution < 1.29 is 14.3 Å². The van der Waals surface area contributed by atoms with Gasteiger partial charge in [-0.25, -0.2) is 0 Å². The highest BCUT2D eigenvalue weighted by Crippen LogP contribution is 2.24. The molecule has 1 fully saturated rings. The van der Waals surface area contributed by atoms with Crippen LogP contribution in [-0.4, -0.2) is 60.3 Å². The first-order chi connectivity index (χ1) is 10.2. The molecular formula is C14H22N4O3. The van der Waals surface area contributed by atoms with Crippen LogP contribution in [0.2, 0.25) is 0 Å². The normalized spacial score (nSPS) is 21.5. The van der Waals surface area contributed by atoms with E-state index in [0.717, 1.165) is 0 Å². The van der Waals surface area contributed by atoms with E-state index < -0.39 is 0 Å². The molecule has 1 saturated heterocycles. The predicted molar refractivity (Wildman–Crippen MR) is 76.3 cm³/mol. The van der Waals surface area contributed by atoms with E-state index in [0.29, 0.717) is 32.7 Å². The summed E-state index contributed by atoms with van der Waals surface area (Å²) in [4.78, 5) is 25.9. The molecule has 116 valence electrons. The summed E-state index contributed by atoms with van der Waals surface area (Å²) < 4.78 is 6.90. The highest BCUT2D eigenvalue weighted by Gasteiger charge is 2.38. The van der Waals surface area contributed by atoms with Crippen LogP contribution in [0.3, 0.4) is 0 Å². The second kappa shape index (κ2) is 7.21. The summed E-state index contributed by atoms with van der Waals surface area (Å²) in [6.07, 6.45) is 3.91. The number of carbonyl (C=O) groups excluding carboxylic acids is 2. The summed E-state index contributed by atoms with van der Waals surface area (Å²) in [7, 11) is 3.23. The number of likely N-dealkylation sites (tertiary alicyclic amines) is 1. The Bertz CT molecular complexity index is 475. The molecule has 0 spiro atoms. The molecule has 0 radical (unpaired) electrons. The molecule has 1 aromatic rings. The molecule has 0 saturated carbocycles. The number of carbonyl (C=O) groups is 2. The van der Waals surface area contributed by atoms with Crippen LogP contribution in [0.4, 0.5) is 0 Å². The maximum absolute atomic E-state index is 12.3. The van der Waals surface area contributed by atoms with Crippen LogP contribution >= 0.6 is 0 Å². The van der Waals surface area contributed by atoms with E-state index in [1.54, 1.807) is 29.9 Å². The van der Waals surface area contributed by atoms with Gasteiger partial charge in [-0.3, -0.25) is 14.3 Å². The molecule has 0 aromatic carbocycles. The van der Waals surface area contributed by atoms with E-state index >= 15 is 0 Å². The zero-order chi connectivity index (χ0) is 15.2. The Morgan fingerprint density at radius 2 is 2.24 bits per heavy atom. The summed E-state index contributed by atoms with van der Waals surface area (Å²) in [5.41, 5.74) is 0. The number of nitrogens with one attached hydrogen (secondary N) is 1. The minimum Gasteiger partial charge on any atom is -0.384 e. The lowest BCUT2D eigenvalue weighted by atomic mass is 9.96. The van der Waals surface area contributed by atoms with E-state index in [1.165, 1.54) is 0 Å². The van der Waals surface area contributed by atoms with Gasteiger partial charge in [-0.2, -0.15) is 5.10 Å². The molecule has 21 heavy (non-hydrogen) atoms. The van der Waals surface area contributed by atoms with E-state index in [-0.39, 0.29) is 23.7 Å². The first-order valence-electron chi connectivity index (χ1n) is 7.11. The van der Waals surface area contributed by atoms with Gasteiger partial charge in [0.1, 0.15) is 0 Å². The van der Waals surface area contributed by atoms with Gasteiger partial charge in [0.2, 0.25) is 11.8 Å². The summed E-state index contributed by atoms with van der Waals surface area (Å²) >= 11 is 0. The van der Waals surface area contributed by atoms with E-state index in [4.69, 9.17) is 4.74 Å². The average Bonchev–Trinajstić information content (AvgIpc) is 3.14. The second-order valence-electron chi connectivity index (χ2n) is 5.25. The number of nitrogens with zero attached hydrogens (tertiary/aromatic N) is 3. The van der Waals surface area contributed by atoms with Gasteiger partial charge in [0.15, 0.2) is 0 Å². The Kier molecular flexibility index (Phi) is 5.32. The number of amides is 2. The zero-order valence-electron chi connectivity index (χ0n) is 12.5. The Morgan fingerprint density at radius 3 is 2.86 bits per heavy atom. The van der Waals surface area contributed by atoms with Crippen LogP contribution in [0, 0.1) is 11.8 Å². The maximum Gasteiger partial charge on any atom is 0.225 e. The quantitative estimate of drug-likeness (QED) is 0.784. The van der Waals surface area contributed by atoms with Crippen molar-refractivity contribution in [1.29, 1.82) is 0 Å². The minimum atomic E-state index is -0.191. The van der Waals surface area contributed by atoms with E-state index in [9.17, 15) is 9.59 Å². The third-order valence-electron chi connectivity index (χ3n) is 3.87. The Labute approximate surface area is 124 Å². The second-order valence-corrected chi connectivity index (χ2v) is 5.25. The van der Waals surface area contributed by atoms with Gasteiger partial charge in [-0.1, -0.05) is 0 Å². The largest absolute Gasteiger partial charge is 0.384 e. The summed E-state index contributed by atoms with van der Waals surface area (Å²) in [5, 5.41) is 6.74. The van der Waals surface area contributed by atoms with Crippen molar-refractivity contribution in [2.45, 2.75) is 13.0 Å². The highest BCUT2D eigenvalue weighted by atomic mass is 16.5. The maximum atomic E-state index is 12.3. The molecule has 2 amide bonds. The molecule has 7 heteroatoms. The van der Waals surface area contributed by atoms with Gasteiger partial charge in [0.25, 0.3) is 0 Å². The van der Waals surface area contributed by atoms with Gasteiger partial charge < -0.3 is 15.0 Å². The van der Waals surface area contributed by atoms with Gasteiger partial charge in [-0.05, 0) is 6.07 Å². The van der Waals surface area contributed by atoms with Crippen molar-refractivity contribution in [3.8, 4) is 0 Å². The van der Waals surface area contributed by atoms with Crippen LogP contribution in [-0.2, 0) is 20.9 Å². The van der Waals surface area contributed by atoms with Crippen LogP contribution in [0.25, 0.3) is 0 Å². The highest BCUT2D eigenvalue weighted by molar-refractivity contribution is 5.82. The van der Waals surface area contributed by atoms with E-state index in [2.05, 4.69) is 10.4 Å². The summed E-state index contributed by atoms with van der Waals surface area (Å²) in [6, 6.07) is 1.83. The molecule has 2 heterocycles. The van der Waals surface area contributed by atoms with Gasteiger partial charge in [0.05, 0.1) is 12.5 Å². The number of hydrogen-bond donors (Lipinski definition) is 1. The van der Waals surface area contributed by atoms with Gasteiger partial charge in [0, 0.05) is 58.5 Å². The van der Waals surface area contributed by atoms with Crippen LogP contribution in [0.5, 0.6) is 0 Å². The lowest BCUT2D eigenvalue weighted by Gasteiger charge is -2.16. The van der Waals surface area contributed by atoms with Crippen molar-refractivity contribution in [3.63, 3.8) is 0 Å². The van der Waals surface area contributed by atoms with Crippen molar-refractivity contribution in [1.82, 2.24) is 20.0 Å². The molecule has 1 N–H and O–H groups in total. The predicted octanol–water partition coefficient (Wildman–Crippen LogP) is -0.260. The van der Waals surface area contributed by atoms with E-state index in [1.807, 2.05) is 12.3 Å². The smallest absolute Gasteiger partial charge is 0.225 e. The van der Waals surface area contributed by atoms with Crippen LogP contribution in [0.15, 0.2) is 18.5 Å². The Balaban J connectivity index is 1.91. The van der Waals surface area contributed by atoms with Crippen molar-refractivity contribution in [2.75, 3.05) is 33.9 Å². The van der Waals surface area contributed by atoms with Crippen molar-refractivity contribution >= 4 is 11.8 Å². The first-order valence-corrected chi connectivity index (χ1v) is 7.11. The number of aromatic nitrogens is 2. The molecule has 0 bridgehead atoms. The number of rotatable bonds is 6. The van der Waals surface area contributed by atoms with Crippen LogP contribution in [0.1, 0.15) is 6.42 Å². The number of ether oxygens (including phenoxy) is 1. The molecule has 1 aliphatic rings. The summed E-state index contributed by atoms with van der Waals surface area (Å²) in [5.74, 6) is -0.107. The fourth-order valence-electron chi connectivity index (χ4n) is 2.74. The molecule has 2 atom stereocenters. The van der Waals surface area contributed by atoms with Crippen molar-refractivity contribution in [2.24, 2.45) is 11.8 Å². The SMILES string of the molecule is CNC(=O)[C@@H]1CN(C(=O)CCn2cccn2)C[C@H]1COC. The molecule has 7 nitrogen and oxygen atoms in total. The standard InChI is InChI=1S/C14H22N4O3/c1-15-14(20)12-9-17(8-11(12)10-21-2)13(19)4-7-18-6-3-5-16-18/h3,5-6,11-12H,4,7-10H2,1-2H3,(H,15,20)/t11-,12+/m0/s1. The monoisotopic (exact) mass is 294 g/mol. The number of hydrogen-bond acceptors (Lipinski definition) is 4. The molecular weight excluding hydrogens is 272 g/mol. The van der Waals surface area contributed by atoms with Crippen LogP contribution < -0.4 is 5.32 Å². The third kappa shape index (κ3) is 3.81. The topological polar surface area (TPSA) is 76.5 Å². The summed E-state index contributed by atoms with van der Waals surface area (Å²) in [6.45, 7) is 2.08. The first kappa shape index (κ1) is 15.5. The third-order valence-corrected chi connectivity index (χ3v) is 3.87. The minimum absolute atomic E-state index is 0.0283. The molecule has 0 unspecified atom stereocenters. The van der Waals surface area contributed by atoms with Gasteiger partial charge in [-0.15, -0.1) is 0 Å². The Morgan fingerprint density at radius 1 is 1.43 bits per heavy atom. The fraction of sp³-hybridized carbons (Fsp3) is 0.643. The molecule has 2 rings (SSSR count). The zero-order valence-corrected chi connectivity index (χ0v) is 12.5. The molecule has 0 aliphatic carbocycles. The fourth-order valence-corrected chi connectivity index (χ4v) is 2.74.